The molecule has 0 spiro atoms. The van der Waals surface area contributed by atoms with E-state index in [1.165, 1.54) is 6.33 Å². The Kier molecular flexibility index (Phi) is 3.25. The van der Waals surface area contributed by atoms with Crippen LogP contribution in [0.5, 0.6) is 5.75 Å². The lowest BCUT2D eigenvalue weighted by Gasteiger charge is -2.03. The monoisotopic (exact) mass is 261 g/mol. The summed E-state index contributed by atoms with van der Waals surface area (Å²) in [6, 6.07) is 5.85. The van der Waals surface area contributed by atoms with E-state index in [9.17, 15) is 0 Å². The lowest BCUT2D eigenvalue weighted by molar-refractivity contribution is 0.415. The molecule has 4 heteroatoms. The maximum Gasteiger partial charge on any atom is 0.119 e. The molecule has 0 aliphatic carbocycles. The van der Waals surface area contributed by atoms with Gasteiger partial charge in [0.2, 0.25) is 0 Å². The molecule has 0 aliphatic heterocycles. The lowest BCUT2D eigenvalue weighted by Crippen LogP contribution is -1.86. The number of aromatic nitrogens is 3. The van der Waals surface area contributed by atoms with Crippen LogP contribution in [0.4, 0.5) is 0 Å². The number of fused-ring (bicyclic) bond motifs is 1. The van der Waals surface area contributed by atoms with Crippen LogP contribution >= 0.6 is 0 Å². The lowest BCUT2D eigenvalue weighted by atomic mass is 10.1. The SMILES string of the molecule is COc1ccc2c(C#Cc3cncnc3)cncc2c1. The molecular formula is C16H11N3O. The quantitative estimate of drug-likeness (QED) is 0.631. The van der Waals surface area contributed by atoms with Crippen LogP contribution in [0.1, 0.15) is 11.1 Å². The minimum absolute atomic E-state index is 0.776. The largest absolute Gasteiger partial charge is 0.497 e. The summed E-state index contributed by atoms with van der Waals surface area (Å²) in [5.41, 5.74) is 1.65. The number of ether oxygens (including phenoxy) is 1. The second-order valence-electron chi connectivity index (χ2n) is 4.15. The van der Waals surface area contributed by atoms with Crippen molar-refractivity contribution in [3.05, 3.63) is 60.4 Å². The number of rotatable bonds is 1. The van der Waals surface area contributed by atoms with Crippen LogP contribution in [0, 0.1) is 11.8 Å². The van der Waals surface area contributed by atoms with Gasteiger partial charge in [-0.2, -0.15) is 0 Å². The van der Waals surface area contributed by atoms with Gasteiger partial charge in [0, 0.05) is 35.6 Å². The first-order valence-corrected chi connectivity index (χ1v) is 6.05. The Morgan fingerprint density at radius 3 is 2.60 bits per heavy atom. The number of benzene rings is 1. The van der Waals surface area contributed by atoms with Crippen molar-refractivity contribution in [2.75, 3.05) is 7.11 Å². The highest BCUT2D eigenvalue weighted by atomic mass is 16.5. The summed E-state index contributed by atoms with van der Waals surface area (Å²) >= 11 is 0. The van der Waals surface area contributed by atoms with Crippen LogP contribution < -0.4 is 4.74 Å². The molecule has 4 nitrogen and oxygen atoms in total. The summed E-state index contributed by atoms with van der Waals surface area (Å²) in [6.45, 7) is 0. The van der Waals surface area contributed by atoms with Gasteiger partial charge in [-0.1, -0.05) is 11.8 Å². The molecule has 3 rings (SSSR count). The number of pyridine rings is 1. The maximum absolute atomic E-state index is 5.21. The maximum atomic E-state index is 5.21. The number of nitrogens with zero attached hydrogens (tertiary/aromatic N) is 3. The summed E-state index contributed by atoms with van der Waals surface area (Å²) in [5, 5.41) is 2.05. The van der Waals surface area contributed by atoms with Gasteiger partial charge in [0.15, 0.2) is 0 Å². The van der Waals surface area contributed by atoms with Crippen molar-refractivity contribution < 1.29 is 4.74 Å². The van der Waals surface area contributed by atoms with Crippen molar-refractivity contribution in [1.82, 2.24) is 15.0 Å². The average molecular weight is 261 g/mol. The second kappa shape index (κ2) is 5.37. The first kappa shape index (κ1) is 12.1. The summed E-state index contributed by atoms with van der Waals surface area (Å²) in [4.78, 5) is 12.1. The van der Waals surface area contributed by atoms with E-state index in [-0.39, 0.29) is 0 Å². The van der Waals surface area contributed by atoms with Crippen LogP contribution in [-0.2, 0) is 0 Å². The molecule has 2 heterocycles. The van der Waals surface area contributed by atoms with Gasteiger partial charge < -0.3 is 4.74 Å². The van der Waals surface area contributed by atoms with Gasteiger partial charge >= 0.3 is 0 Å². The molecule has 0 aliphatic rings. The molecule has 96 valence electrons. The first-order valence-electron chi connectivity index (χ1n) is 6.05. The van der Waals surface area contributed by atoms with Gasteiger partial charge in [-0.15, -0.1) is 0 Å². The van der Waals surface area contributed by atoms with E-state index in [1.807, 2.05) is 18.2 Å². The Hall–Kier alpha value is -2.93. The summed E-state index contributed by atoms with van der Waals surface area (Å²) < 4.78 is 5.21. The fraction of sp³-hybridized carbons (Fsp3) is 0.0625. The highest BCUT2D eigenvalue weighted by Gasteiger charge is 2.01. The van der Waals surface area contributed by atoms with Crippen molar-refractivity contribution in [1.29, 1.82) is 0 Å². The fourth-order valence-electron chi connectivity index (χ4n) is 1.88. The zero-order valence-corrected chi connectivity index (χ0v) is 10.9. The molecule has 20 heavy (non-hydrogen) atoms. The van der Waals surface area contributed by atoms with Crippen molar-refractivity contribution in [3.63, 3.8) is 0 Å². The number of methoxy groups -OCH3 is 1. The van der Waals surface area contributed by atoms with Gasteiger partial charge in [-0.3, -0.25) is 4.98 Å². The molecular weight excluding hydrogens is 250 g/mol. The Balaban J connectivity index is 2.07. The van der Waals surface area contributed by atoms with E-state index in [0.717, 1.165) is 27.6 Å². The Bertz CT molecular complexity index is 804. The second-order valence-corrected chi connectivity index (χ2v) is 4.15. The van der Waals surface area contributed by atoms with Crippen LogP contribution in [0.25, 0.3) is 10.8 Å². The smallest absolute Gasteiger partial charge is 0.119 e. The molecule has 0 N–H and O–H groups in total. The third-order valence-electron chi connectivity index (χ3n) is 2.87. The van der Waals surface area contributed by atoms with Crippen LogP contribution in [0.3, 0.4) is 0 Å². The number of hydrogen-bond acceptors (Lipinski definition) is 4. The van der Waals surface area contributed by atoms with Gasteiger partial charge in [0.05, 0.1) is 18.2 Å². The van der Waals surface area contributed by atoms with Crippen LogP contribution in [-0.4, -0.2) is 22.1 Å². The van der Waals surface area contributed by atoms with Crippen molar-refractivity contribution in [2.45, 2.75) is 0 Å². The third kappa shape index (κ3) is 2.43. The predicted molar refractivity (Wildman–Crippen MR) is 76.3 cm³/mol. The highest BCUT2D eigenvalue weighted by molar-refractivity contribution is 5.88. The van der Waals surface area contributed by atoms with Crippen molar-refractivity contribution >= 4 is 10.8 Å². The van der Waals surface area contributed by atoms with E-state index >= 15 is 0 Å². The molecule has 0 saturated carbocycles. The molecule has 0 saturated heterocycles. The average Bonchev–Trinajstić information content (AvgIpc) is 2.53. The van der Waals surface area contributed by atoms with E-state index < -0.39 is 0 Å². The third-order valence-corrected chi connectivity index (χ3v) is 2.87. The van der Waals surface area contributed by atoms with Gasteiger partial charge in [0.25, 0.3) is 0 Å². The zero-order valence-electron chi connectivity index (χ0n) is 10.9. The molecule has 0 unspecified atom stereocenters. The topological polar surface area (TPSA) is 47.9 Å². The predicted octanol–water partition coefficient (Wildman–Crippen LogP) is 2.43. The minimum Gasteiger partial charge on any atom is -0.497 e. The summed E-state index contributed by atoms with van der Waals surface area (Å²) in [6.07, 6.45) is 8.40. The van der Waals surface area contributed by atoms with E-state index in [4.69, 9.17) is 4.74 Å². The molecule has 0 bridgehead atoms. The normalized spacial score (nSPS) is 9.85. The fourth-order valence-corrected chi connectivity index (χ4v) is 1.88. The molecule has 0 atom stereocenters. The van der Waals surface area contributed by atoms with E-state index in [1.54, 1.807) is 31.9 Å². The summed E-state index contributed by atoms with van der Waals surface area (Å²) in [5.74, 6) is 6.95. The Morgan fingerprint density at radius 2 is 1.80 bits per heavy atom. The van der Waals surface area contributed by atoms with Crippen LogP contribution in [0.15, 0.2) is 49.3 Å². The van der Waals surface area contributed by atoms with Gasteiger partial charge in [0.1, 0.15) is 12.1 Å². The number of hydrogen-bond donors (Lipinski definition) is 0. The van der Waals surface area contributed by atoms with Crippen molar-refractivity contribution in [3.8, 4) is 17.6 Å². The Morgan fingerprint density at radius 1 is 0.950 bits per heavy atom. The van der Waals surface area contributed by atoms with E-state index in [2.05, 4.69) is 26.8 Å². The molecule has 1 aromatic carbocycles. The van der Waals surface area contributed by atoms with E-state index in [0.29, 0.717) is 0 Å². The van der Waals surface area contributed by atoms with Gasteiger partial charge in [-0.05, 0) is 18.2 Å². The van der Waals surface area contributed by atoms with Crippen molar-refractivity contribution in [2.24, 2.45) is 0 Å². The Labute approximate surface area is 116 Å². The molecule has 0 radical (unpaired) electrons. The highest BCUT2D eigenvalue weighted by Crippen LogP contribution is 2.22. The standard InChI is InChI=1S/C16H11N3O/c1-20-15-4-5-16-13(9-17-10-14(16)6-15)3-2-12-7-18-11-19-8-12/h4-11H,1H3. The first-order chi connectivity index (χ1) is 9.86. The molecule has 0 fully saturated rings. The minimum atomic E-state index is 0.776. The zero-order chi connectivity index (χ0) is 13.8. The molecule has 0 amide bonds. The van der Waals surface area contributed by atoms with Gasteiger partial charge in [-0.25, -0.2) is 9.97 Å². The summed E-state index contributed by atoms with van der Waals surface area (Å²) in [7, 11) is 1.65. The molecule has 3 aromatic rings. The molecule has 2 aromatic heterocycles. The van der Waals surface area contributed by atoms with Crippen LogP contribution in [0.2, 0.25) is 0 Å².